The van der Waals surface area contributed by atoms with E-state index in [1.165, 1.54) is 0 Å². The van der Waals surface area contributed by atoms with Gasteiger partial charge in [0, 0.05) is 6.92 Å². The van der Waals surface area contributed by atoms with E-state index in [0.717, 1.165) is 14.0 Å². The van der Waals surface area contributed by atoms with E-state index < -0.39 is 28.5 Å². The molecule has 0 atom stereocenters. The summed E-state index contributed by atoms with van der Waals surface area (Å²) in [6, 6.07) is 1.24. The van der Waals surface area contributed by atoms with Crippen molar-refractivity contribution in [3.63, 3.8) is 0 Å². The molecule has 0 bridgehead atoms. The molecule has 1 aromatic rings. The first-order chi connectivity index (χ1) is 8.66. The third-order valence-electron chi connectivity index (χ3n) is 2.14. The van der Waals surface area contributed by atoms with Crippen LogP contribution in [0.1, 0.15) is 22.8 Å². The number of ether oxygens (including phenoxy) is 1. The fraction of sp³-hybridized carbons (Fsp3) is 0.273. The maximum atomic E-state index is 12.7. The summed E-state index contributed by atoms with van der Waals surface area (Å²) in [5, 5.41) is 1.04. The molecule has 0 saturated heterocycles. The first-order valence-electron chi connectivity index (χ1n) is 4.93. The molecule has 0 spiro atoms. The van der Waals surface area contributed by atoms with Crippen molar-refractivity contribution < 1.29 is 27.5 Å². The second-order valence-electron chi connectivity index (χ2n) is 3.56. The van der Waals surface area contributed by atoms with Crippen LogP contribution in [0.3, 0.4) is 0 Å². The van der Waals surface area contributed by atoms with Crippen molar-refractivity contribution in [3.05, 3.63) is 23.3 Å². The second-order valence-corrected chi connectivity index (χ2v) is 3.90. The van der Waals surface area contributed by atoms with Gasteiger partial charge in [-0.15, -0.1) is 0 Å². The molecule has 0 unspecified atom stereocenters. The van der Waals surface area contributed by atoms with Gasteiger partial charge < -0.3 is 10.1 Å². The van der Waals surface area contributed by atoms with Gasteiger partial charge in [0.1, 0.15) is 0 Å². The minimum atomic E-state index is -4.68. The average Bonchev–Trinajstić information content (AvgIpc) is 2.25. The monoisotopic (exact) mass is 295 g/mol. The van der Waals surface area contributed by atoms with Crippen LogP contribution in [0.4, 0.5) is 18.9 Å². The van der Waals surface area contributed by atoms with Gasteiger partial charge in [0.2, 0.25) is 5.91 Å². The van der Waals surface area contributed by atoms with Crippen LogP contribution < -0.4 is 10.1 Å². The standard InChI is InChI=1S/C11H9ClF3NO3/c1-5(17)16-8-4-6(11(13,14)15)3-7(10(12)18)9(8)19-2/h3-4H,1-2H3,(H,16,17). The van der Waals surface area contributed by atoms with E-state index in [0.29, 0.717) is 12.1 Å². The van der Waals surface area contributed by atoms with Crippen molar-refractivity contribution in [3.8, 4) is 5.75 Å². The maximum Gasteiger partial charge on any atom is 0.416 e. The van der Waals surface area contributed by atoms with Crippen LogP contribution in [0, 0.1) is 0 Å². The largest absolute Gasteiger partial charge is 0.494 e. The van der Waals surface area contributed by atoms with Crippen LogP contribution in [0.2, 0.25) is 0 Å². The highest BCUT2D eigenvalue weighted by Crippen LogP contribution is 2.38. The third kappa shape index (κ3) is 3.60. The van der Waals surface area contributed by atoms with E-state index in [4.69, 9.17) is 16.3 Å². The van der Waals surface area contributed by atoms with Crippen molar-refractivity contribution in [2.45, 2.75) is 13.1 Å². The Morgan fingerprint density at radius 3 is 2.26 bits per heavy atom. The lowest BCUT2D eigenvalue weighted by Crippen LogP contribution is -2.13. The highest BCUT2D eigenvalue weighted by molar-refractivity contribution is 6.68. The SMILES string of the molecule is COc1c(NC(C)=O)cc(C(F)(F)F)cc1C(=O)Cl. The lowest BCUT2D eigenvalue weighted by Gasteiger charge is -2.15. The number of nitrogens with one attached hydrogen (secondary N) is 1. The molecule has 0 fully saturated rings. The molecule has 1 amide bonds. The molecule has 0 aliphatic heterocycles. The third-order valence-corrected chi connectivity index (χ3v) is 2.35. The van der Waals surface area contributed by atoms with E-state index in [-0.39, 0.29) is 11.4 Å². The Balaban J connectivity index is 3.54. The zero-order chi connectivity index (χ0) is 14.8. The van der Waals surface area contributed by atoms with Crippen LogP contribution in [0.25, 0.3) is 0 Å². The van der Waals surface area contributed by atoms with Crippen molar-refractivity contribution in [1.29, 1.82) is 0 Å². The minimum absolute atomic E-state index is 0.219. The van der Waals surface area contributed by atoms with Crippen molar-refractivity contribution in [2.75, 3.05) is 12.4 Å². The number of hydrogen-bond acceptors (Lipinski definition) is 3. The fourth-order valence-corrected chi connectivity index (χ4v) is 1.58. The van der Waals surface area contributed by atoms with Crippen molar-refractivity contribution in [2.24, 2.45) is 0 Å². The smallest absolute Gasteiger partial charge is 0.416 e. The molecule has 0 saturated carbocycles. The zero-order valence-electron chi connectivity index (χ0n) is 9.89. The van der Waals surface area contributed by atoms with Gasteiger partial charge in [0.15, 0.2) is 5.75 Å². The predicted molar refractivity (Wildman–Crippen MR) is 62.5 cm³/mol. The van der Waals surface area contributed by atoms with Crippen molar-refractivity contribution in [1.82, 2.24) is 0 Å². The van der Waals surface area contributed by atoms with E-state index in [1.54, 1.807) is 0 Å². The lowest BCUT2D eigenvalue weighted by atomic mass is 10.1. The first-order valence-corrected chi connectivity index (χ1v) is 5.31. The number of alkyl halides is 3. The molecule has 0 aliphatic rings. The number of benzene rings is 1. The summed E-state index contributed by atoms with van der Waals surface area (Å²) >= 11 is 5.22. The van der Waals surface area contributed by atoms with Gasteiger partial charge in [-0.25, -0.2) is 0 Å². The number of carbonyl (C=O) groups is 2. The Kier molecular flexibility index (Phi) is 4.41. The van der Waals surface area contributed by atoms with Crippen molar-refractivity contribution >= 4 is 28.4 Å². The molecule has 1 rings (SSSR count). The number of hydrogen-bond donors (Lipinski definition) is 1. The molecule has 1 N–H and O–H groups in total. The molecular weight excluding hydrogens is 287 g/mol. The Labute approximate surface area is 111 Å². The molecule has 19 heavy (non-hydrogen) atoms. The molecule has 0 aliphatic carbocycles. The van der Waals surface area contributed by atoms with Gasteiger partial charge in [0.25, 0.3) is 5.24 Å². The van der Waals surface area contributed by atoms with Gasteiger partial charge in [-0.1, -0.05) is 0 Å². The number of carbonyl (C=O) groups excluding carboxylic acids is 2. The number of rotatable bonds is 3. The van der Waals surface area contributed by atoms with E-state index >= 15 is 0 Å². The average molecular weight is 296 g/mol. The minimum Gasteiger partial charge on any atom is -0.494 e. The fourth-order valence-electron chi connectivity index (χ4n) is 1.44. The first kappa shape index (κ1) is 15.3. The highest BCUT2D eigenvalue weighted by Gasteiger charge is 2.33. The summed E-state index contributed by atoms with van der Waals surface area (Å²) in [5.41, 5.74) is -1.85. The Morgan fingerprint density at radius 1 is 1.32 bits per heavy atom. The van der Waals surface area contributed by atoms with Crippen LogP contribution in [-0.2, 0) is 11.0 Å². The summed E-state index contributed by atoms with van der Waals surface area (Å²) in [7, 11) is 1.15. The summed E-state index contributed by atoms with van der Waals surface area (Å²) in [6.45, 7) is 1.11. The Hall–Kier alpha value is -1.76. The molecule has 8 heteroatoms. The van der Waals surface area contributed by atoms with Gasteiger partial charge in [-0.3, -0.25) is 9.59 Å². The Morgan fingerprint density at radius 2 is 1.89 bits per heavy atom. The molecular formula is C11H9ClF3NO3. The van der Waals surface area contributed by atoms with E-state index in [1.807, 2.05) is 0 Å². The van der Waals surface area contributed by atoms with Crippen LogP contribution >= 0.6 is 11.6 Å². The second kappa shape index (κ2) is 5.48. The quantitative estimate of drug-likeness (QED) is 0.872. The van der Waals surface area contributed by atoms with Crippen LogP contribution in [-0.4, -0.2) is 18.3 Å². The molecule has 104 valence electrons. The number of amides is 1. The van der Waals surface area contributed by atoms with Crippen LogP contribution in [0.5, 0.6) is 5.75 Å². The zero-order valence-corrected chi connectivity index (χ0v) is 10.6. The molecule has 0 heterocycles. The number of anilines is 1. The predicted octanol–water partition coefficient (Wildman–Crippen LogP) is 3.05. The van der Waals surface area contributed by atoms with E-state index in [2.05, 4.69) is 5.32 Å². The van der Waals surface area contributed by atoms with Gasteiger partial charge in [-0.05, 0) is 23.7 Å². The lowest BCUT2D eigenvalue weighted by molar-refractivity contribution is -0.137. The topological polar surface area (TPSA) is 55.4 Å². The van der Waals surface area contributed by atoms with Gasteiger partial charge in [-0.2, -0.15) is 13.2 Å². The summed E-state index contributed by atoms with van der Waals surface area (Å²) in [5.74, 6) is -0.825. The molecule has 0 aromatic heterocycles. The van der Waals surface area contributed by atoms with Gasteiger partial charge in [0.05, 0.1) is 23.9 Å². The Bertz CT molecular complexity index is 529. The molecule has 4 nitrogen and oxygen atoms in total. The number of methoxy groups -OCH3 is 1. The summed E-state index contributed by atoms with van der Waals surface area (Å²) in [4.78, 5) is 22.1. The van der Waals surface area contributed by atoms with Crippen LogP contribution in [0.15, 0.2) is 12.1 Å². The number of halogens is 4. The highest BCUT2D eigenvalue weighted by atomic mass is 35.5. The molecule has 0 radical (unpaired) electrons. The molecule has 1 aromatic carbocycles. The van der Waals surface area contributed by atoms with E-state index in [9.17, 15) is 22.8 Å². The maximum absolute atomic E-state index is 12.7. The summed E-state index contributed by atoms with van der Waals surface area (Å²) < 4.78 is 42.8. The normalized spacial score (nSPS) is 11.1. The van der Waals surface area contributed by atoms with Gasteiger partial charge >= 0.3 is 6.18 Å². The summed E-state index contributed by atoms with van der Waals surface area (Å²) in [6.07, 6.45) is -4.68.